The van der Waals surface area contributed by atoms with E-state index in [1.807, 2.05) is 83.4 Å². The standard InChI is InChI=1S/C29H25N5O4S/c1-37-25-15-13-20(16-26(25)38-2)28-32-33-29(34(28)21-9-4-3-5-10-21)39-18-27(36)31-30-17-23-22-11-7-6-8-19(22)12-14-24(23)35/h3-17H,18H2,1-2H3,(H2,30,31,35,36)/p+1. The van der Waals surface area contributed by atoms with Crippen molar-refractivity contribution in [1.82, 2.24) is 15.6 Å². The van der Waals surface area contributed by atoms with Gasteiger partial charge in [0.25, 0.3) is 11.7 Å². The Bertz CT molecular complexity index is 1650. The third-order valence-electron chi connectivity index (χ3n) is 6.01. The maximum Gasteiger partial charge on any atom is 0.342 e. The first-order chi connectivity index (χ1) is 19.1. The molecule has 5 aromatic rings. The Labute approximate surface area is 229 Å². The molecule has 0 fully saturated rings. The Morgan fingerprint density at radius 3 is 2.59 bits per heavy atom. The van der Waals surface area contributed by atoms with Crippen molar-refractivity contribution in [2.75, 3.05) is 20.0 Å². The summed E-state index contributed by atoms with van der Waals surface area (Å²) in [6, 6.07) is 26.4. The number of nitrogens with zero attached hydrogens (tertiary/aromatic N) is 3. The van der Waals surface area contributed by atoms with E-state index in [9.17, 15) is 9.90 Å². The average molecular weight is 541 g/mol. The van der Waals surface area contributed by atoms with Crippen LogP contribution in [0.2, 0.25) is 0 Å². The van der Waals surface area contributed by atoms with E-state index in [4.69, 9.17) is 9.47 Å². The minimum Gasteiger partial charge on any atom is -0.507 e. The fourth-order valence-corrected chi connectivity index (χ4v) is 4.90. The van der Waals surface area contributed by atoms with Gasteiger partial charge in [0, 0.05) is 5.56 Å². The van der Waals surface area contributed by atoms with Crippen LogP contribution in [0.25, 0.3) is 27.8 Å². The Morgan fingerprint density at radius 2 is 1.79 bits per heavy atom. The van der Waals surface area contributed by atoms with Crippen molar-refractivity contribution < 1.29 is 23.9 Å². The molecule has 0 radical (unpaired) electrons. The lowest BCUT2D eigenvalue weighted by molar-refractivity contribution is -0.625. The number of methoxy groups -OCH3 is 2. The van der Waals surface area contributed by atoms with Crippen molar-refractivity contribution in [3.63, 3.8) is 0 Å². The van der Waals surface area contributed by atoms with E-state index in [1.165, 1.54) is 18.0 Å². The summed E-state index contributed by atoms with van der Waals surface area (Å²) in [5, 5.41) is 24.3. The highest BCUT2D eigenvalue weighted by atomic mass is 32.2. The molecule has 1 heterocycles. The molecule has 0 atom stereocenters. The highest BCUT2D eigenvalue weighted by Gasteiger charge is 2.25. The number of benzene rings is 4. The Balaban J connectivity index is 1.35. The maximum absolute atomic E-state index is 12.6. The summed E-state index contributed by atoms with van der Waals surface area (Å²) >= 11 is 1.26. The lowest BCUT2D eigenvalue weighted by atomic mass is 10.0. The van der Waals surface area contributed by atoms with Gasteiger partial charge in [0.15, 0.2) is 11.5 Å². The molecule has 0 saturated heterocycles. The van der Waals surface area contributed by atoms with Crippen molar-refractivity contribution >= 4 is 34.7 Å². The van der Waals surface area contributed by atoms with Crippen LogP contribution in [0.4, 0.5) is 0 Å². The summed E-state index contributed by atoms with van der Waals surface area (Å²) in [6.07, 6.45) is 1.45. The van der Waals surface area contributed by atoms with Gasteiger partial charge in [0.05, 0.1) is 36.8 Å². The fourth-order valence-electron chi connectivity index (χ4n) is 4.14. The number of hydrogen-bond acceptors (Lipinski definition) is 7. The maximum atomic E-state index is 12.6. The molecule has 196 valence electrons. The summed E-state index contributed by atoms with van der Waals surface area (Å²) in [5.74, 6) is 1.77. The van der Waals surface area contributed by atoms with E-state index in [1.54, 1.807) is 20.3 Å². The molecule has 0 saturated carbocycles. The third-order valence-corrected chi connectivity index (χ3v) is 6.95. The van der Waals surface area contributed by atoms with Crippen LogP contribution in [0.5, 0.6) is 17.2 Å². The van der Waals surface area contributed by atoms with E-state index in [-0.39, 0.29) is 17.4 Å². The number of aromatic hydroxyl groups is 1. The average Bonchev–Trinajstić information content (AvgIpc) is 3.41. The van der Waals surface area contributed by atoms with Gasteiger partial charge in [0.2, 0.25) is 0 Å². The number of amides is 1. The van der Waals surface area contributed by atoms with Crippen LogP contribution in [0.15, 0.2) is 95.2 Å². The lowest BCUT2D eigenvalue weighted by Crippen LogP contribution is -2.34. The molecule has 0 aliphatic heterocycles. The number of carbonyl (C=O) groups excluding carboxylic acids is 1. The summed E-state index contributed by atoms with van der Waals surface area (Å²) in [4.78, 5) is 12.6. The van der Waals surface area contributed by atoms with Gasteiger partial charge >= 0.3 is 5.16 Å². The molecule has 10 heteroatoms. The van der Waals surface area contributed by atoms with Gasteiger partial charge in [0.1, 0.15) is 11.4 Å². The number of phenols is 1. The highest BCUT2D eigenvalue weighted by molar-refractivity contribution is 7.99. The van der Waals surface area contributed by atoms with Crippen LogP contribution < -0.4 is 19.5 Å². The van der Waals surface area contributed by atoms with Gasteiger partial charge in [-0.1, -0.05) is 48.5 Å². The van der Waals surface area contributed by atoms with Crippen LogP contribution in [0, 0.1) is 0 Å². The van der Waals surface area contributed by atoms with Crippen LogP contribution in [-0.2, 0) is 4.79 Å². The largest absolute Gasteiger partial charge is 0.507 e. The minimum absolute atomic E-state index is 0.0713. The Morgan fingerprint density at radius 1 is 1.03 bits per heavy atom. The van der Waals surface area contributed by atoms with Crippen molar-refractivity contribution in [3.05, 3.63) is 90.5 Å². The smallest absolute Gasteiger partial charge is 0.342 e. The zero-order valence-corrected chi connectivity index (χ0v) is 22.1. The van der Waals surface area contributed by atoms with Crippen LogP contribution in [0.3, 0.4) is 0 Å². The van der Waals surface area contributed by atoms with Crippen molar-refractivity contribution in [1.29, 1.82) is 0 Å². The molecule has 1 amide bonds. The van der Waals surface area contributed by atoms with Gasteiger partial charge in [-0.3, -0.25) is 4.79 Å². The first-order valence-corrected chi connectivity index (χ1v) is 13.0. The molecule has 0 unspecified atom stereocenters. The molecule has 0 aliphatic rings. The first-order valence-electron chi connectivity index (χ1n) is 12.0. The normalized spacial score (nSPS) is 11.1. The van der Waals surface area contributed by atoms with Gasteiger partial charge in [-0.2, -0.15) is 9.67 Å². The van der Waals surface area contributed by atoms with Gasteiger partial charge in [-0.05, 0) is 58.9 Å². The van der Waals surface area contributed by atoms with Crippen LogP contribution >= 0.6 is 11.8 Å². The fraction of sp³-hybridized carbons (Fsp3) is 0.103. The highest BCUT2D eigenvalue weighted by Crippen LogP contribution is 2.31. The number of rotatable bonds is 9. The number of H-pyrrole nitrogens is 1. The second-order valence-electron chi connectivity index (χ2n) is 8.40. The van der Waals surface area contributed by atoms with E-state index < -0.39 is 0 Å². The number of nitrogens with one attached hydrogen (secondary N) is 2. The van der Waals surface area contributed by atoms with Gasteiger partial charge in [-0.25, -0.2) is 5.43 Å². The second-order valence-corrected chi connectivity index (χ2v) is 9.34. The predicted molar refractivity (Wildman–Crippen MR) is 151 cm³/mol. The first kappa shape index (κ1) is 25.8. The summed E-state index contributed by atoms with van der Waals surface area (Å²) in [7, 11) is 3.18. The summed E-state index contributed by atoms with van der Waals surface area (Å²) in [6.45, 7) is 0. The van der Waals surface area contributed by atoms with Crippen LogP contribution in [-0.4, -0.2) is 47.4 Å². The van der Waals surface area contributed by atoms with E-state index in [0.29, 0.717) is 22.2 Å². The van der Waals surface area contributed by atoms with E-state index in [0.717, 1.165) is 27.8 Å². The number of ether oxygens (including phenoxy) is 2. The molecular weight excluding hydrogens is 514 g/mol. The Hall–Kier alpha value is -4.83. The zero-order chi connectivity index (χ0) is 27.2. The van der Waals surface area contributed by atoms with Crippen molar-refractivity contribution in [2.45, 2.75) is 5.16 Å². The quantitative estimate of drug-likeness (QED) is 0.110. The number of hydrogen-bond donors (Lipinski definition) is 3. The number of fused-ring (bicyclic) bond motifs is 1. The molecule has 1 aromatic heterocycles. The van der Waals surface area contributed by atoms with Gasteiger partial charge < -0.3 is 14.6 Å². The summed E-state index contributed by atoms with van der Waals surface area (Å²) < 4.78 is 12.8. The summed E-state index contributed by atoms with van der Waals surface area (Å²) in [5.41, 5.74) is 4.79. The SMILES string of the molecule is COc1ccc(-c2[nH]nc(SCC(=O)N/N=C\c3c(O)ccc4ccccc34)[n+]2-c2ccccc2)cc1OC. The van der Waals surface area contributed by atoms with Gasteiger partial charge in [-0.15, -0.1) is 5.10 Å². The monoisotopic (exact) mass is 540 g/mol. The predicted octanol–water partition coefficient (Wildman–Crippen LogP) is 4.47. The topological polar surface area (TPSA) is 113 Å². The number of para-hydroxylation sites is 1. The molecule has 0 aliphatic carbocycles. The molecule has 39 heavy (non-hydrogen) atoms. The third kappa shape index (κ3) is 5.55. The second kappa shape index (κ2) is 11.7. The Kier molecular flexibility index (Phi) is 7.74. The molecule has 3 N–H and O–H groups in total. The zero-order valence-electron chi connectivity index (χ0n) is 21.3. The molecule has 5 rings (SSSR count). The molecule has 0 spiro atoms. The van der Waals surface area contributed by atoms with Crippen molar-refractivity contribution in [3.8, 4) is 34.3 Å². The number of aromatic nitrogens is 3. The molecular formula is C29H26N5O4S+. The molecule has 9 nitrogen and oxygen atoms in total. The minimum atomic E-state index is -0.314. The van der Waals surface area contributed by atoms with Crippen LogP contribution in [0.1, 0.15) is 5.56 Å². The lowest BCUT2D eigenvalue weighted by Gasteiger charge is -2.09. The molecule has 0 bridgehead atoms. The number of carbonyl (C=O) groups is 1. The number of phenolic OH excluding ortho intramolecular Hbond substituents is 1. The van der Waals surface area contributed by atoms with E-state index in [2.05, 4.69) is 20.7 Å². The number of hydrazone groups is 1. The van der Waals surface area contributed by atoms with E-state index >= 15 is 0 Å². The number of aromatic amines is 1. The molecule has 4 aromatic carbocycles. The number of thioether (sulfide) groups is 1. The van der Waals surface area contributed by atoms with Crippen molar-refractivity contribution in [2.24, 2.45) is 5.10 Å².